The maximum Gasteiger partial charge on any atom is 0.187 e. The van der Waals surface area contributed by atoms with Crippen molar-refractivity contribution < 1.29 is 0 Å². The van der Waals surface area contributed by atoms with Gasteiger partial charge in [-0.25, -0.2) is 9.97 Å². The minimum atomic E-state index is 0.885. The van der Waals surface area contributed by atoms with Crippen molar-refractivity contribution in [1.29, 1.82) is 0 Å². The first-order valence-corrected chi connectivity index (χ1v) is 8.73. The molecule has 0 saturated carbocycles. The molecule has 5 heteroatoms. The van der Waals surface area contributed by atoms with Crippen LogP contribution in [0, 0.1) is 20.8 Å². The Labute approximate surface area is 144 Å². The van der Waals surface area contributed by atoms with Crippen LogP contribution in [0.3, 0.4) is 0 Å². The number of anilines is 2. The predicted octanol–water partition coefficient (Wildman–Crippen LogP) is 5.13. The van der Waals surface area contributed by atoms with E-state index in [1.165, 1.54) is 11.1 Å². The van der Waals surface area contributed by atoms with Gasteiger partial charge >= 0.3 is 0 Å². The van der Waals surface area contributed by atoms with E-state index in [-0.39, 0.29) is 0 Å². The van der Waals surface area contributed by atoms with Crippen LogP contribution in [0.25, 0.3) is 17.0 Å². The molecule has 0 bridgehead atoms. The monoisotopic (exact) mass is 334 g/mol. The lowest BCUT2D eigenvalue weighted by atomic mass is 10.2. The second-order valence-corrected chi connectivity index (χ2v) is 6.87. The lowest BCUT2D eigenvalue weighted by Crippen LogP contribution is -1.92. The Morgan fingerprint density at radius 3 is 2.46 bits per heavy atom. The molecule has 4 nitrogen and oxygen atoms in total. The van der Waals surface area contributed by atoms with Crippen molar-refractivity contribution in [3.8, 4) is 11.4 Å². The number of imidazole rings is 1. The van der Waals surface area contributed by atoms with Crippen LogP contribution in [0.4, 0.5) is 10.8 Å². The van der Waals surface area contributed by atoms with Gasteiger partial charge in [0.05, 0.1) is 11.4 Å². The van der Waals surface area contributed by atoms with E-state index in [1.807, 2.05) is 13.0 Å². The molecule has 0 aliphatic carbocycles. The quantitative estimate of drug-likeness (QED) is 0.565. The number of nitrogens with one attached hydrogen (secondary N) is 1. The number of thiazole rings is 1. The summed E-state index contributed by atoms with van der Waals surface area (Å²) < 4.78 is 2.12. The summed E-state index contributed by atoms with van der Waals surface area (Å²) in [4.78, 5) is 9.40. The fourth-order valence-electron chi connectivity index (χ4n) is 2.78. The number of hydrogen-bond acceptors (Lipinski definition) is 4. The highest BCUT2D eigenvalue weighted by molar-refractivity contribution is 7.14. The minimum absolute atomic E-state index is 0.885. The van der Waals surface area contributed by atoms with Crippen LogP contribution in [0.5, 0.6) is 0 Å². The van der Waals surface area contributed by atoms with Crippen LogP contribution in [-0.2, 0) is 0 Å². The Hall–Kier alpha value is -2.66. The van der Waals surface area contributed by atoms with Crippen LogP contribution in [-0.4, -0.2) is 14.4 Å². The van der Waals surface area contributed by atoms with Gasteiger partial charge in [-0.1, -0.05) is 23.8 Å². The summed E-state index contributed by atoms with van der Waals surface area (Å²) in [5.74, 6) is 0. The Bertz CT molecular complexity index is 1010. The van der Waals surface area contributed by atoms with Gasteiger partial charge in [-0.15, -0.1) is 11.3 Å². The third-order valence-corrected chi connectivity index (χ3v) is 4.75. The third-order valence-electron chi connectivity index (χ3n) is 3.99. The molecule has 4 rings (SSSR count). The van der Waals surface area contributed by atoms with Crippen molar-refractivity contribution in [1.82, 2.24) is 14.4 Å². The summed E-state index contributed by atoms with van der Waals surface area (Å²) in [7, 11) is 0. The first-order valence-electron chi connectivity index (χ1n) is 7.85. The lowest BCUT2D eigenvalue weighted by Gasteiger charge is -2.03. The Balaban J connectivity index is 1.71. The van der Waals surface area contributed by atoms with E-state index >= 15 is 0 Å². The average Bonchev–Trinajstić information content (AvgIpc) is 3.12. The topological polar surface area (TPSA) is 42.2 Å². The molecule has 120 valence electrons. The summed E-state index contributed by atoms with van der Waals surface area (Å²) in [5, 5.41) is 6.33. The molecule has 0 aliphatic heterocycles. The van der Waals surface area contributed by atoms with Crippen LogP contribution in [0.15, 0.2) is 48.0 Å². The van der Waals surface area contributed by atoms with Gasteiger partial charge in [0.15, 0.2) is 5.13 Å². The fourth-order valence-corrected chi connectivity index (χ4v) is 3.49. The average molecular weight is 334 g/mol. The molecule has 0 spiro atoms. The number of nitrogens with zero attached hydrogens (tertiary/aromatic N) is 3. The zero-order valence-electron chi connectivity index (χ0n) is 13.9. The molecule has 0 saturated heterocycles. The van der Waals surface area contributed by atoms with Gasteiger partial charge < -0.3 is 5.32 Å². The van der Waals surface area contributed by atoms with Crippen molar-refractivity contribution in [3.63, 3.8) is 0 Å². The zero-order chi connectivity index (χ0) is 16.7. The molecule has 0 amide bonds. The summed E-state index contributed by atoms with van der Waals surface area (Å²) in [6.45, 7) is 6.20. The van der Waals surface area contributed by atoms with Crippen molar-refractivity contribution in [2.24, 2.45) is 0 Å². The molecule has 3 heterocycles. The molecule has 0 fully saturated rings. The van der Waals surface area contributed by atoms with E-state index in [0.717, 1.165) is 33.5 Å². The van der Waals surface area contributed by atoms with Gasteiger partial charge in [0.2, 0.25) is 0 Å². The van der Waals surface area contributed by atoms with Gasteiger partial charge in [0, 0.05) is 17.3 Å². The van der Waals surface area contributed by atoms with E-state index in [9.17, 15) is 0 Å². The second-order valence-electron chi connectivity index (χ2n) is 6.01. The van der Waals surface area contributed by atoms with E-state index in [4.69, 9.17) is 4.98 Å². The highest BCUT2D eigenvalue weighted by atomic mass is 32.1. The number of pyridine rings is 1. The molecule has 1 N–H and O–H groups in total. The van der Waals surface area contributed by atoms with Gasteiger partial charge in [-0.3, -0.25) is 4.40 Å². The number of aryl methyl sites for hydroxylation is 3. The summed E-state index contributed by atoms with van der Waals surface area (Å²) in [5.41, 5.74) is 7.45. The lowest BCUT2D eigenvalue weighted by molar-refractivity contribution is 1.15. The van der Waals surface area contributed by atoms with Crippen LogP contribution in [0.2, 0.25) is 0 Å². The Kier molecular flexibility index (Phi) is 3.58. The zero-order valence-corrected chi connectivity index (χ0v) is 14.7. The van der Waals surface area contributed by atoms with E-state index in [0.29, 0.717) is 0 Å². The molecule has 0 radical (unpaired) electrons. The van der Waals surface area contributed by atoms with Crippen LogP contribution >= 0.6 is 11.3 Å². The highest BCUT2D eigenvalue weighted by Crippen LogP contribution is 2.30. The first-order chi connectivity index (χ1) is 11.6. The van der Waals surface area contributed by atoms with Gasteiger partial charge in [0.25, 0.3) is 0 Å². The summed E-state index contributed by atoms with van der Waals surface area (Å²) in [6.07, 6.45) is 2.11. The van der Waals surface area contributed by atoms with E-state index in [1.54, 1.807) is 11.3 Å². The van der Waals surface area contributed by atoms with Crippen LogP contribution in [0.1, 0.15) is 16.8 Å². The van der Waals surface area contributed by atoms with Crippen molar-refractivity contribution >= 4 is 27.8 Å². The Morgan fingerprint density at radius 2 is 1.67 bits per heavy atom. The first kappa shape index (κ1) is 14.9. The molecule has 24 heavy (non-hydrogen) atoms. The number of hydrogen-bond donors (Lipinski definition) is 1. The molecular formula is C19H18N4S. The van der Waals surface area contributed by atoms with E-state index < -0.39 is 0 Å². The predicted molar refractivity (Wildman–Crippen MR) is 100 cm³/mol. The minimum Gasteiger partial charge on any atom is -0.332 e. The van der Waals surface area contributed by atoms with Gasteiger partial charge in [-0.2, -0.15) is 0 Å². The largest absolute Gasteiger partial charge is 0.332 e. The fraction of sp³-hybridized carbons (Fsp3) is 0.158. The van der Waals surface area contributed by atoms with Gasteiger partial charge in [0.1, 0.15) is 11.3 Å². The number of aromatic nitrogens is 3. The molecule has 0 unspecified atom stereocenters. The normalized spacial score (nSPS) is 11.1. The SMILES string of the molecule is Cc1ccc(Nc2nc(-c3c(C)nc4ccc(C)cn34)cs2)cc1. The number of benzene rings is 1. The van der Waals surface area contributed by atoms with Crippen LogP contribution < -0.4 is 5.32 Å². The maximum atomic E-state index is 4.76. The Morgan fingerprint density at radius 1 is 0.917 bits per heavy atom. The molecule has 1 aromatic carbocycles. The van der Waals surface area contributed by atoms with Crippen molar-refractivity contribution in [3.05, 3.63) is 64.8 Å². The summed E-state index contributed by atoms with van der Waals surface area (Å²) in [6, 6.07) is 12.4. The van der Waals surface area contributed by atoms with Gasteiger partial charge in [-0.05, 0) is 44.5 Å². The number of fused-ring (bicyclic) bond motifs is 1. The molecule has 4 aromatic rings. The highest BCUT2D eigenvalue weighted by Gasteiger charge is 2.14. The molecular weight excluding hydrogens is 316 g/mol. The molecule has 3 aromatic heterocycles. The smallest absolute Gasteiger partial charge is 0.187 e. The van der Waals surface area contributed by atoms with E-state index in [2.05, 4.69) is 70.5 Å². The number of rotatable bonds is 3. The third kappa shape index (κ3) is 2.67. The van der Waals surface area contributed by atoms with Crippen molar-refractivity contribution in [2.45, 2.75) is 20.8 Å². The summed E-state index contributed by atoms with van der Waals surface area (Å²) >= 11 is 1.60. The molecule has 0 atom stereocenters. The standard InChI is InChI=1S/C19H18N4S/c1-12-4-7-15(8-5-12)21-19-22-16(11-24-19)18-14(3)20-17-9-6-13(2)10-23(17)18/h4-11H,1-3H3,(H,21,22). The van der Waals surface area contributed by atoms with Crippen molar-refractivity contribution in [2.75, 3.05) is 5.32 Å². The molecule has 0 aliphatic rings. The maximum absolute atomic E-state index is 4.76. The second kappa shape index (κ2) is 5.76.